The van der Waals surface area contributed by atoms with Gasteiger partial charge < -0.3 is 15.0 Å². The Morgan fingerprint density at radius 2 is 1.70 bits per heavy atom. The van der Waals surface area contributed by atoms with Gasteiger partial charge in [0, 0.05) is 47.1 Å². The van der Waals surface area contributed by atoms with Crippen LogP contribution in [0.15, 0.2) is 41.3 Å². The Bertz CT molecular complexity index is 909. The van der Waals surface area contributed by atoms with Gasteiger partial charge in [0.05, 0.1) is 25.1 Å². The van der Waals surface area contributed by atoms with E-state index >= 15 is 0 Å². The van der Waals surface area contributed by atoms with Crippen molar-refractivity contribution in [3.05, 3.63) is 51.9 Å². The molecule has 1 aromatic heterocycles. The summed E-state index contributed by atoms with van der Waals surface area (Å²) in [5.41, 5.74) is 1.61. The van der Waals surface area contributed by atoms with E-state index in [2.05, 4.69) is 50.7 Å². The molecule has 182 valence electrons. The average Bonchev–Trinajstić information content (AvgIpc) is 3.69. The minimum absolute atomic E-state index is 0.137. The lowest BCUT2D eigenvalue weighted by Gasteiger charge is -2.36. The number of para-hydroxylation sites is 1. The van der Waals surface area contributed by atoms with Crippen LogP contribution in [0.2, 0.25) is 5.02 Å². The molecule has 0 bridgehead atoms. The van der Waals surface area contributed by atoms with Crippen molar-refractivity contribution < 1.29 is 8.95 Å². The number of rotatable bonds is 4. The summed E-state index contributed by atoms with van der Waals surface area (Å²) in [6.07, 6.45) is 11.4. The maximum absolute atomic E-state index is 10.7. The number of nitrogens with zero attached hydrogens (tertiary/aromatic N) is 2. The van der Waals surface area contributed by atoms with E-state index in [4.69, 9.17) is 16.3 Å². The van der Waals surface area contributed by atoms with Crippen LogP contribution in [0.3, 0.4) is 0 Å². The molecule has 0 radical (unpaired) electrons. The Balaban J connectivity index is 0.000000154. The summed E-state index contributed by atoms with van der Waals surface area (Å²) in [4.78, 5) is 13.4. The van der Waals surface area contributed by atoms with E-state index in [9.17, 15) is 9.00 Å². The molecule has 2 N–H and O–H groups in total. The summed E-state index contributed by atoms with van der Waals surface area (Å²) >= 11 is 5.55. The van der Waals surface area contributed by atoms with E-state index in [0.717, 1.165) is 23.6 Å². The summed E-state index contributed by atoms with van der Waals surface area (Å²) in [6.45, 7) is 1.37. The molecular weight excluding hydrogens is 460 g/mol. The summed E-state index contributed by atoms with van der Waals surface area (Å²) in [5.74, 6) is 1.47. The molecule has 33 heavy (non-hydrogen) atoms. The van der Waals surface area contributed by atoms with Crippen molar-refractivity contribution in [1.29, 1.82) is 0 Å². The van der Waals surface area contributed by atoms with Crippen LogP contribution in [0.4, 0.5) is 11.4 Å². The number of H-pyrrole nitrogens is 1. The van der Waals surface area contributed by atoms with Crippen LogP contribution in [0.5, 0.6) is 0 Å². The number of aromatic nitrogens is 2. The third kappa shape index (κ3) is 8.43. The SMILES string of the molecule is CNc1cn[nH]c(=O)c1Cl.O=S1CCOCC1.c1ccc(N(C2CCCCC2)C2CC2)cc1. The van der Waals surface area contributed by atoms with Crippen LogP contribution in [0.25, 0.3) is 0 Å². The highest BCUT2D eigenvalue weighted by molar-refractivity contribution is 7.85. The topological polar surface area (TPSA) is 87.3 Å². The molecular formula is C24H35ClN4O3S. The Morgan fingerprint density at radius 3 is 2.21 bits per heavy atom. The Morgan fingerprint density at radius 1 is 1.06 bits per heavy atom. The number of anilines is 2. The molecule has 1 saturated heterocycles. The van der Waals surface area contributed by atoms with Gasteiger partial charge in [-0.3, -0.25) is 9.00 Å². The fourth-order valence-corrected chi connectivity index (χ4v) is 5.09. The van der Waals surface area contributed by atoms with Crippen LogP contribution < -0.4 is 15.8 Å². The van der Waals surface area contributed by atoms with Crippen LogP contribution in [0.1, 0.15) is 44.9 Å². The predicted molar refractivity (Wildman–Crippen MR) is 137 cm³/mol. The number of hydrogen-bond acceptors (Lipinski definition) is 6. The molecule has 0 amide bonds. The van der Waals surface area contributed by atoms with Crippen molar-refractivity contribution in [2.45, 2.75) is 57.0 Å². The van der Waals surface area contributed by atoms with Gasteiger partial charge in [0.2, 0.25) is 0 Å². The van der Waals surface area contributed by atoms with Crippen LogP contribution in [0, 0.1) is 0 Å². The lowest BCUT2D eigenvalue weighted by Crippen LogP contribution is -2.38. The van der Waals surface area contributed by atoms with Crippen molar-refractivity contribution in [1.82, 2.24) is 10.2 Å². The standard InChI is InChI=1S/C15H21N.C5H6ClN3O.C4H8O2S/c1-3-7-13(8-4-1)16(15-11-12-15)14-9-5-2-6-10-14;1-7-3-2-8-9-5(10)4(3)6;5-7-3-1-6-2-4-7/h1,3-4,7-8,14-15H,2,5-6,9-12H2;2H,1H3,(H2,7,9,10);1-4H2. The Hall–Kier alpha value is -1.90. The lowest BCUT2D eigenvalue weighted by atomic mass is 9.93. The molecule has 2 aromatic rings. The van der Waals surface area contributed by atoms with Gasteiger partial charge in [0.25, 0.3) is 5.56 Å². The van der Waals surface area contributed by atoms with E-state index in [1.165, 1.54) is 56.8 Å². The minimum atomic E-state index is -0.565. The second-order valence-corrected chi connectivity index (χ2v) is 10.5. The average molecular weight is 495 g/mol. The third-order valence-corrected chi connectivity index (χ3v) is 7.56. The molecule has 1 aromatic carbocycles. The van der Waals surface area contributed by atoms with Crippen molar-refractivity contribution in [2.24, 2.45) is 0 Å². The highest BCUT2D eigenvalue weighted by Gasteiger charge is 2.34. The zero-order valence-corrected chi connectivity index (χ0v) is 20.9. The zero-order chi connectivity index (χ0) is 23.5. The van der Waals surface area contributed by atoms with E-state index in [1.54, 1.807) is 7.05 Å². The monoisotopic (exact) mass is 494 g/mol. The normalized spacial score (nSPS) is 18.8. The van der Waals surface area contributed by atoms with Crippen molar-refractivity contribution in [3.8, 4) is 0 Å². The third-order valence-electron chi connectivity index (χ3n) is 5.94. The molecule has 3 fully saturated rings. The smallest absolute Gasteiger partial charge is 0.285 e. The summed E-state index contributed by atoms with van der Waals surface area (Å²) in [6, 6.07) is 12.7. The van der Waals surface area contributed by atoms with Crippen LogP contribution in [-0.2, 0) is 15.5 Å². The number of halogens is 1. The van der Waals surface area contributed by atoms with Crippen LogP contribution in [-0.4, -0.2) is 58.3 Å². The van der Waals surface area contributed by atoms with Gasteiger partial charge in [0.15, 0.2) is 0 Å². The number of benzene rings is 1. The van der Waals surface area contributed by atoms with Crippen molar-refractivity contribution in [3.63, 3.8) is 0 Å². The molecule has 1 aliphatic heterocycles. The fraction of sp³-hybridized carbons (Fsp3) is 0.583. The van der Waals surface area contributed by atoms with Gasteiger partial charge in [-0.05, 0) is 37.8 Å². The highest BCUT2D eigenvalue weighted by atomic mass is 35.5. The predicted octanol–water partition coefficient (Wildman–Crippen LogP) is 4.22. The molecule has 7 nitrogen and oxygen atoms in total. The molecule has 2 heterocycles. The molecule has 5 rings (SSSR count). The van der Waals surface area contributed by atoms with Crippen molar-refractivity contribution >= 4 is 33.8 Å². The van der Waals surface area contributed by atoms with Gasteiger partial charge in [-0.2, -0.15) is 5.10 Å². The Labute approximate surface area is 203 Å². The maximum atomic E-state index is 10.7. The lowest BCUT2D eigenvalue weighted by molar-refractivity contribution is 0.158. The number of ether oxygens (including phenoxy) is 1. The number of aromatic amines is 1. The summed E-state index contributed by atoms with van der Waals surface area (Å²) < 4.78 is 15.4. The maximum Gasteiger partial charge on any atom is 0.285 e. The molecule has 9 heteroatoms. The summed E-state index contributed by atoms with van der Waals surface area (Å²) in [7, 11) is 1.10. The van der Waals surface area contributed by atoms with E-state index < -0.39 is 10.8 Å². The zero-order valence-electron chi connectivity index (χ0n) is 19.3. The van der Waals surface area contributed by atoms with Gasteiger partial charge >= 0.3 is 0 Å². The van der Waals surface area contributed by atoms with Gasteiger partial charge in [-0.25, -0.2) is 5.10 Å². The quantitative estimate of drug-likeness (QED) is 0.661. The minimum Gasteiger partial charge on any atom is -0.385 e. The van der Waals surface area contributed by atoms with Gasteiger partial charge in [0.1, 0.15) is 5.02 Å². The van der Waals surface area contributed by atoms with Gasteiger partial charge in [-0.15, -0.1) is 0 Å². The van der Waals surface area contributed by atoms with Gasteiger partial charge in [-0.1, -0.05) is 49.1 Å². The number of hydrogen-bond donors (Lipinski definition) is 2. The molecule has 0 unspecified atom stereocenters. The van der Waals surface area contributed by atoms with Crippen molar-refractivity contribution in [2.75, 3.05) is 42.0 Å². The van der Waals surface area contributed by atoms with Crippen LogP contribution >= 0.6 is 11.6 Å². The Kier molecular flexibility index (Phi) is 10.7. The molecule has 2 aliphatic carbocycles. The first kappa shape index (κ1) is 25.7. The first-order chi connectivity index (χ1) is 16.1. The first-order valence-corrected chi connectivity index (χ1v) is 13.6. The fourth-order valence-electron chi connectivity index (χ4n) is 4.10. The number of nitrogens with one attached hydrogen (secondary N) is 2. The summed E-state index contributed by atoms with van der Waals surface area (Å²) in [5, 5.41) is 8.59. The van der Waals surface area contributed by atoms with E-state index in [1.807, 2.05) is 0 Å². The molecule has 0 spiro atoms. The molecule has 0 atom stereocenters. The molecule has 2 saturated carbocycles. The molecule has 3 aliphatic rings. The highest BCUT2D eigenvalue weighted by Crippen LogP contribution is 2.37. The largest absolute Gasteiger partial charge is 0.385 e. The second-order valence-electron chi connectivity index (χ2n) is 8.40. The second kappa shape index (κ2) is 13.7. The van der Waals surface area contributed by atoms with E-state index in [-0.39, 0.29) is 10.6 Å². The van der Waals surface area contributed by atoms with E-state index in [0.29, 0.717) is 18.9 Å². The first-order valence-electron chi connectivity index (χ1n) is 11.8.